The van der Waals surface area contributed by atoms with Crippen molar-refractivity contribution in [2.75, 3.05) is 19.5 Å². The molecule has 0 radical (unpaired) electrons. The highest BCUT2D eigenvalue weighted by molar-refractivity contribution is 5.89. The molecular weight excluding hydrogens is 348 g/mol. The van der Waals surface area contributed by atoms with Gasteiger partial charge in [-0.25, -0.2) is 4.79 Å². The summed E-state index contributed by atoms with van der Waals surface area (Å²) in [5.41, 5.74) is 0.775. The predicted molar refractivity (Wildman–Crippen MR) is 103 cm³/mol. The number of ether oxygens (including phenoxy) is 1. The number of nitrogens with zero attached hydrogens (tertiary/aromatic N) is 1. The van der Waals surface area contributed by atoms with Crippen molar-refractivity contribution in [1.82, 2.24) is 4.90 Å². The second-order valence-corrected chi connectivity index (χ2v) is 7.22. The van der Waals surface area contributed by atoms with Gasteiger partial charge in [0, 0.05) is 12.7 Å². The fourth-order valence-electron chi connectivity index (χ4n) is 3.77. The Hall–Kier alpha value is -2.28. The topological polar surface area (TPSA) is 99.1 Å². The minimum absolute atomic E-state index is 0.124. The highest BCUT2D eigenvalue weighted by Gasteiger charge is 2.37. The molecule has 27 heavy (non-hydrogen) atoms. The van der Waals surface area contributed by atoms with Gasteiger partial charge in [0.05, 0.1) is 13.2 Å². The van der Waals surface area contributed by atoms with Gasteiger partial charge in [-0.1, -0.05) is 19.3 Å². The summed E-state index contributed by atoms with van der Waals surface area (Å²) in [4.78, 5) is 25.9. The minimum atomic E-state index is -1.28. The molecule has 1 aliphatic carbocycles. The standard InChI is InChI=1S/C20H30N2O5/c1-13(23)18(20(25)26)22(2)19(24)17(14-7-5-4-6-8-14)21-15-9-11-16(27-3)12-10-15/h9-14,17-18,21,23H,4-8H2,1-3H3,(H,25,26)/t13-,17?,18+/m1/s1. The van der Waals surface area contributed by atoms with E-state index in [0.29, 0.717) is 0 Å². The molecule has 1 unspecified atom stereocenters. The van der Waals surface area contributed by atoms with Crippen LogP contribution in [0.3, 0.4) is 0 Å². The Morgan fingerprint density at radius 2 is 1.78 bits per heavy atom. The lowest BCUT2D eigenvalue weighted by Gasteiger charge is -2.36. The van der Waals surface area contributed by atoms with E-state index in [-0.39, 0.29) is 11.8 Å². The molecule has 1 aromatic carbocycles. The van der Waals surface area contributed by atoms with Crippen molar-refractivity contribution in [2.45, 2.75) is 57.2 Å². The van der Waals surface area contributed by atoms with Crippen LogP contribution >= 0.6 is 0 Å². The van der Waals surface area contributed by atoms with Crippen LogP contribution in [0, 0.1) is 5.92 Å². The summed E-state index contributed by atoms with van der Waals surface area (Å²) in [6, 6.07) is 5.48. The average Bonchev–Trinajstić information content (AvgIpc) is 2.66. The monoisotopic (exact) mass is 378 g/mol. The summed E-state index contributed by atoms with van der Waals surface area (Å²) in [7, 11) is 3.03. The van der Waals surface area contributed by atoms with Gasteiger partial charge >= 0.3 is 5.97 Å². The van der Waals surface area contributed by atoms with Crippen molar-refractivity contribution >= 4 is 17.6 Å². The van der Waals surface area contributed by atoms with Crippen LogP contribution in [-0.2, 0) is 9.59 Å². The summed E-state index contributed by atoms with van der Waals surface area (Å²) in [5, 5.41) is 22.5. The predicted octanol–water partition coefficient (Wildman–Crippen LogP) is 2.35. The van der Waals surface area contributed by atoms with Crippen molar-refractivity contribution in [2.24, 2.45) is 5.92 Å². The van der Waals surface area contributed by atoms with Crippen LogP contribution in [0.2, 0.25) is 0 Å². The van der Waals surface area contributed by atoms with E-state index >= 15 is 0 Å². The minimum Gasteiger partial charge on any atom is -0.497 e. The second-order valence-electron chi connectivity index (χ2n) is 7.22. The number of carboxylic acids is 1. The number of anilines is 1. The highest BCUT2D eigenvalue weighted by Crippen LogP contribution is 2.30. The Morgan fingerprint density at radius 1 is 1.19 bits per heavy atom. The average molecular weight is 378 g/mol. The zero-order valence-electron chi connectivity index (χ0n) is 16.2. The van der Waals surface area contributed by atoms with Gasteiger partial charge in [0.2, 0.25) is 5.91 Å². The summed E-state index contributed by atoms with van der Waals surface area (Å²) in [5.74, 6) is -0.684. The number of amides is 1. The van der Waals surface area contributed by atoms with Crippen molar-refractivity contribution < 1.29 is 24.5 Å². The van der Waals surface area contributed by atoms with Gasteiger partial charge in [0.15, 0.2) is 6.04 Å². The highest BCUT2D eigenvalue weighted by atomic mass is 16.5. The maximum Gasteiger partial charge on any atom is 0.329 e. The number of carbonyl (C=O) groups is 2. The molecule has 1 saturated carbocycles. The Balaban J connectivity index is 2.24. The van der Waals surface area contributed by atoms with Gasteiger partial charge in [-0.2, -0.15) is 0 Å². The van der Waals surface area contributed by atoms with E-state index in [9.17, 15) is 19.8 Å². The van der Waals surface area contributed by atoms with Gasteiger partial charge in [0.25, 0.3) is 0 Å². The number of aliphatic hydroxyl groups is 1. The molecule has 0 spiro atoms. The van der Waals surface area contributed by atoms with Crippen LogP contribution in [0.1, 0.15) is 39.0 Å². The summed E-state index contributed by atoms with van der Waals surface area (Å²) >= 11 is 0. The quantitative estimate of drug-likeness (QED) is 0.642. The molecular formula is C20H30N2O5. The van der Waals surface area contributed by atoms with Gasteiger partial charge < -0.3 is 25.2 Å². The van der Waals surface area contributed by atoms with Gasteiger partial charge in [0.1, 0.15) is 11.8 Å². The lowest BCUT2D eigenvalue weighted by molar-refractivity contribution is -0.154. The Bertz CT molecular complexity index is 626. The number of nitrogens with one attached hydrogen (secondary N) is 1. The number of carboxylic acid groups (broad SMARTS) is 1. The van der Waals surface area contributed by atoms with Crippen LogP contribution < -0.4 is 10.1 Å². The van der Waals surface area contributed by atoms with E-state index in [4.69, 9.17) is 4.74 Å². The van der Waals surface area contributed by atoms with Gasteiger partial charge in [-0.15, -0.1) is 0 Å². The first kappa shape index (κ1) is 21.0. The number of rotatable bonds is 8. The molecule has 7 heteroatoms. The smallest absolute Gasteiger partial charge is 0.329 e. The summed E-state index contributed by atoms with van der Waals surface area (Å²) in [6.07, 6.45) is 3.94. The molecule has 1 aromatic rings. The zero-order chi connectivity index (χ0) is 20.0. The number of hydrogen-bond acceptors (Lipinski definition) is 5. The van der Waals surface area contributed by atoms with Crippen LogP contribution in [0.4, 0.5) is 5.69 Å². The fraction of sp³-hybridized carbons (Fsp3) is 0.600. The molecule has 3 N–H and O–H groups in total. The molecule has 1 fully saturated rings. The normalized spacial score (nSPS) is 18.2. The largest absolute Gasteiger partial charge is 0.497 e. The SMILES string of the molecule is COc1ccc(NC(C(=O)N(C)[C@H](C(=O)O)[C@@H](C)O)C2CCCCC2)cc1. The molecule has 0 aliphatic heterocycles. The first-order valence-electron chi connectivity index (χ1n) is 9.43. The molecule has 3 atom stereocenters. The van der Waals surface area contributed by atoms with Crippen molar-refractivity contribution in [3.8, 4) is 5.75 Å². The van der Waals surface area contributed by atoms with E-state index in [0.717, 1.165) is 48.4 Å². The molecule has 2 rings (SSSR count). The van der Waals surface area contributed by atoms with E-state index in [2.05, 4.69) is 5.32 Å². The molecule has 7 nitrogen and oxygen atoms in total. The number of aliphatic carboxylic acids is 1. The third-order valence-electron chi connectivity index (χ3n) is 5.27. The molecule has 0 saturated heterocycles. The molecule has 150 valence electrons. The van der Waals surface area contributed by atoms with Crippen molar-refractivity contribution in [3.05, 3.63) is 24.3 Å². The van der Waals surface area contributed by atoms with Gasteiger partial charge in [-0.05, 0) is 49.9 Å². The number of hydrogen-bond donors (Lipinski definition) is 3. The third-order valence-corrected chi connectivity index (χ3v) is 5.27. The number of aliphatic hydroxyl groups excluding tert-OH is 1. The fourth-order valence-corrected chi connectivity index (χ4v) is 3.77. The van der Waals surface area contributed by atoms with Crippen molar-refractivity contribution in [3.63, 3.8) is 0 Å². The van der Waals surface area contributed by atoms with E-state index in [1.54, 1.807) is 7.11 Å². The molecule has 1 aliphatic rings. The first-order valence-corrected chi connectivity index (χ1v) is 9.43. The number of likely N-dealkylation sites (N-methyl/N-ethyl adjacent to an activating group) is 1. The lowest BCUT2D eigenvalue weighted by atomic mass is 9.83. The second kappa shape index (κ2) is 9.60. The maximum absolute atomic E-state index is 13.2. The Kier molecular flexibility index (Phi) is 7.47. The Labute approximate surface area is 160 Å². The van der Waals surface area contributed by atoms with Crippen LogP contribution in [0.15, 0.2) is 24.3 Å². The van der Waals surface area contributed by atoms with Crippen molar-refractivity contribution in [1.29, 1.82) is 0 Å². The molecule has 0 aromatic heterocycles. The number of carbonyl (C=O) groups excluding carboxylic acids is 1. The number of methoxy groups -OCH3 is 1. The van der Waals surface area contributed by atoms with Crippen LogP contribution in [-0.4, -0.2) is 59.3 Å². The maximum atomic E-state index is 13.2. The van der Waals surface area contributed by atoms with Crippen LogP contribution in [0.25, 0.3) is 0 Å². The summed E-state index contributed by atoms with van der Waals surface area (Å²) in [6.45, 7) is 1.38. The van der Waals surface area contributed by atoms with E-state index in [1.807, 2.05) is 24.3 Å². The summed E-state index contributed by atoms with van der Waals surface area (Å²) < 4.78 is 5.16. The lowest BCUT2D eigenvalue weighted by Crippen LogP contribution is -2.54. The zero-order valence-corrected chi connectivity index (χ0v) is 16.2. The molecule has 0 heterocycles. The number of benzene rings is 1. The van der Waals surface area contributed by atoms with Crippen LogP contribution in [0.5, 0.6) is 5.75 Å². The first-order chi connectivity index (χ1) is 12.8. The van der Waals surface area contributed by atoms with E-state index < -0.39 is 24.2 Å². The van der Waals surface area contributed by atoms with E-state index in [1.165, 1.54) is 14.0 Å². The molecule has 0 bridgehead atoms. The Morgan fingerprint density at radius 3 is 2.26 bits per heavy atom. The third kappa shape index (κ3) is 5.35. The van der Waals surface area contributed by atoms with Gasteiger partial charge in [-0.3, -0.25) is 4.79 Å². The molecule has 1 amide bonds.